The van der Waals surface area contributed by atoms with E-state index in [4.69, 9.17) is 4.42 Å². The lowest BCUT2D eigenvalue weighted by molar-refractivity contribution is -0.147. The molecule has 24 heavy (non-hydrogen) atoms. The van der Waals surface area contributed by atoms with E-state index in [-0.39, 0.29) is 47.9 Å². The molecule has 2 aliphatic carbocycles. The number of imide groups is 1. The number of fused-ring (bicyclic) bond motifs is 5. The number of hydrogen-bond donors (Lipinski definition) is 0. The first-order valence-electron chi connectivity index (χ1n) is 8.42. The smallest absolute Gasteiger partial charge is 0.243 e. The highest BCUT2D eigenvalue weighted by Crippen LogP contribution is 2.52. The third-order valence-electron chi connectivity index (χ3n) is 5.54. The van der Waals surface area contributed by atoms with E-state index in [0.29, 0.717) is 13.1 Å². The Morgan fingerprint density at radius 3 is 2.46 bits per heavy atom. The minimum absolute atomic E-state index is 0.157. The summed E-state index contributed by atoms with van der Waals surface area (Å²) in [6, 6.07) is 1.80. The van der Waals surface area contributed by atoms with Crippen LogP contribution in [0.1, 0.15) is 18.9 Å². The molecular weight excluding hydrogens is 308 g/mol. The number of likely N-dealkylation sites (N-methyl/N-ethyl adjacent to an activating group) is 1. The lowest BCUT2D eigenvalue weighted by Crippen LogP contribution is -2.43. The van der Waals surface area contributed by atoms with Crippen LogP contribution in [0.4, 0.5) is 0 Å². The molecular formula is C18H20N2O4. The maximum atomic E-state index is 12.6. The van der Waals surface area contributed by atoms with Gasteiger partial charge in [-0.15, -0.1) is 0 Å². The average Bonchev–Trinajstić information content (AvgIpc) is 3.34. The van der Waals surface area contributed by atoms with E-state index < -0.39 is 0 Å². The summed E-state index contributed by atoms with van der Waals surface area (Å²) in [6.45, 7) is 2.65. The summed E-state index contributed by atoms with van der Waals surface area (Å²) >= 11 is 0. The van der Waals surface area contributed by atoms with E-state index >= 15 is 0 Å². The van der Waals surface area contributed by atoms with E-state index in [1.54, 1.807) is 23.5 Å². The molecule has 4 rings (SSSR count). The van der Waals surface area contributed by atoms with Crippen molar-refractivity contribution >= 4 is 17.7 Å². The molecule has 0 radical (unpaired) electrons. The normalized spacial score (nSPS) is 30.3. The fraction of sp³-hybridized carbons (Fsp3) is 0.500. The maximum Gasteiger partial charge on any atom is 0.243 e. The highest BCUT2D eigenvalue weighted by Gasteiger charge is 2.59. The number of carbonyl (C=O) groups excluding carboxylic acids is 3. The summed E-state index contributed by atoms with van der Waals surface area (Å²) < 4.78 is 5.02. The number of amides is 3. The van der Waals surface area contributed by atoms with Crippen molar-refractivity contribution in [2.45, 2.75) is 19.9 Å². The minimum Gasteiger partial charge on any atom is -0.472 e. The number of likely N-dealkylation sites (tertiary alicyclic amines) is 1. The van der Waals surface area contributed by atoms with Crippen LogP contribution >= 0.6 is 0 Å². The van der Waals surface area contributed by atoms with E-state index in [2.05, 4.69) is 12.2 Å². The van der Waals surface area contributed by atoms with Crippen molar-refractivity contribution in [2.75, 3.05) is 13.1 Å². The molecule has 0 spiro atoms. The first kappa shape index (κ1) is 15.2. The quantitative estimate of drug-likeness (QED) is 0.606. The Balaban J connectivity index is 1.46. The van der Waals surface area contributed by atoms with Gasteiger partial charge in [-0.3, -0.25) is 19.3 Å². The van der Waals surface area contributed by atoms with Crippen LogP contribution in [0.15, 0.2) is 35.2 Å². The summed E-state index contributed by atoms with van der Waals surface area (Å²) in [5.74, 6) is -0.701. The third kappa shape index (κ3) is 2.20. The Morgan fingerprint density at radius 2 is 1.92 bits per heavy atom. The van der Waals surface area contributed by atoms with Gasteiger partial charge in [0.15, 0.2) is 0 Å². The first-order valence-corrected chi connectivity index (χ1v) is 8.42. The molecule has 1 saturated carbocycles. The van der Waals surface area contributed by atoms with Crippen LogP contribution in [0.3, 0.4) is 0 Å². The molecule has 1 aromatic rings. The van der Waals surface area contributed by atoms with E-state index in [0.717, 1.165) is 12.0 Å². The maximum absolute atomic E-state index is 12.6. The van der Waals surface area contributed by atoms with Gasteiger partial charge in [-0.25, -0.2) is 0 Å². The van der Waals surface area contributed by atoms with Crippen LogP contribution < -0.4 is 0 Å². The van der Waals surface area contributed by atoms with Crippen LogP contribution in [0, 0.1) is 23.7 Å². The van der Waals surface area contributed by atoms with Gasteiger partial charge in [0.1, 0.15) is 6.54 Å². The fourth-order valence-electron chi connectivity index (χ4n) is 4.33. The van der Waals surface area contributed by atoms with Gasteiger partial charge in [-0.2, -0.15) is 0 Å². The van der Waals surface area contributed by atoms with Gasteiger partial charge >= 0.3 is 0 Å². The second-order valence-electron chi connectivity index (χ2n) is 6.80. The Bertz CT molecular complexity index is 679. The SMILES string of the molecule is CCN(Cc1ccoc1)C(=O)CN1C(=O)[C@@H]2[C@H](C1=O)[C@H]1C=C[C@H]2C1. The molecule has 0 unspecified atom stereocenters. The number of rotatable bonds is 5. The molecule has 0 aromatic carbocycles. The molecule has 6 nitrogen and oxygen atoms in total. The van der Waals surface area contributed by atoms with Crippen LogP contribution in [0.5, 0.6) is 0 Å². The summed E-state index contributed by atoms with van der Waals surface area (Å²) in [6.07, 6.45) is 8.16. The molecule has 0 N–H and O–H groups in total. The molecule has 2 heterocycles. The molecule has 4 atom stereocenters. The Kier molecular flexibility index (Phi) is 3.55. The Hall–Kier alpha value is -2.37. The molecule has 6 heteroatoms. The van der Waals surface area contributed by atoms with Crippen molar-refractivity contribution in [1.29, 1.82) is 0 Å². The lowest BCUT2D eigenvalue weighted by atomic mass is 9.85. The zero-order valence-electron chi connectivity index (χ0n) is 13.6. The number of nitrogens with zero attached hydrogens (tertiary/aromatic N) is 2. The van der Waals surface area contributed by atoms with Gasteiger partial charge in [0.2, 0.25) is 17.7 Å². The molecule has 126 valence electrons. The monoisotopic (exact) mass is 328 g/mol. The number of hydrogen-bond acceptors (Lipinski definition) is 4. The Morgan fingerprint density at radius 1 is 1.25 bits per heavy atom. The van der Waals surface area contributed by atoms with Crippen LogP contribution in [0.25, 0.3) is 0 Å². The summed E-state index contributed by atoms with van der Waals surface area (Å²) in [7, 11) is 0. The minimum atomic E-state index is -0.246. The number of carbonyl (C=O) groups is 3. The van der Waals surface area contributed by atoms with Crippen LogP contribution in [-0.4, -0.2) is 40.6 Å². The topological polar surface area (TPSA) is 70.8 Å². The van der Waals surface area contributed by atoms with Gasteiger partial charge in [0.25, 0.3) is 0 Å². The van der Waals surface area contributed by atoms with E-state index in [1.165, 1.54) is 4.90 Å². The third-order valence-corrected chi connectivity index (χ3v) is 5.54. The predicted octanol–water partition coefficient (Wildman–Crippen LogP) is 1.44. The number of furan rings is 1. The first-order chi connectivity index (χ1) is 11.6. The van der Waals surface area contributed by atoms with Crippen molar-refractivity contribution in [1.82, 2.24) is 9.80 Å². The molecule has 1 saturated heterocycles. The zero-order chi connectivity index (χ0) is 16.8. The van der Waals surface area contributed by atoms with Gasteiger partial charge in [0, 0.05) is 18.7 Å². The largest absolute Gasteiger partial charge is 0.472 e. The van der Waals surface area contributed by atoms with Crippen LogP contribution in [0.2, 0.25) is 0 Å². The van der Waals surface area contributed by atoms with E-state index in [1.807, 2.05) is 6.92 Å². The summed E-state index contributed by atoms with van der Waals surface area (Å²) in [4.78, 5) is 40.7. The van der Waals surface area contributed by atoms with Gasteiger partial charge < -0.3 is 9.32 Å². The second-order valence-corrected chi connectivity index (χ2v) is 6.80. The lowest BCUT2D eigenvalue weighted by Gasteiger charge is -2.24. The van der Waals surface area contributed by atoms with Crippen molar-refractivity contribution in [2.24, 2.45) is 23.7 Å². The molecule has 1 aromatic heterocycles. The van der Waals surface area contributed by atoms with Crippen molar-refractivity contribution in [3.63, 3.8) is 0 Å². The highest BCUT2D eigenvalue weighted by atomic mass is 16.3. The Labute approximate surface area is 140 Å². The van der Waals surface area contributed by atoms with Gasteiger partial charge in [-0.05, 0) is 31.2 Å². The predicted molar refractivity (Wildman–Crippen MR) is 84.2 cm³/mol. The van der Waals surface area contributed by atoms with Crippen molar-refractivity contribution in [3.8, 4) is 0 Å². The fourth-order valence-corrected chi connectivity index (χ4v) is 4.33. The molecule has 3 aliphatic rings. The summed E-state index contributed by atoms with van der Waals surface area (Å²) in [5, 5.41) is 0. The molecule has 3 amide bonds. The van der Waals surface area contributed by atoms with Gasteiger partial charge in [-0.1, -0.05) is 12.2 Å². The molecule has 2 bridgehead atoms. The van der Waals surface area contributed by atoms with Crippen LogP contribution in [-0.2, 0) is 20.9 Å². The molecule has 2 fully saturated rings. The molecule has 1 aliphatic heterocycles. The zero-order valence-corrected chi connectivity index (χ0v) is 13.6. The highest BCUT2D eigenvalue weighted by molar-refractivity contribution is 6.08. The van der Waals surface area contributed by atoms with Gasteiger partial charge in [0.05, 0.1) is 24.4 Å². The second kappa shape index (κ2) is 5.61. The average molecular weight is 328 g/mol. The summed E-state index contributed by atoms with van der Waals surface area (Å²) in [5.41, 5.74) is 0.892. The standard InChI is InChI=1S/C18H20N2O4/c1-2-19(8-11-5-6-24-10-11)14(21)9-20-17(22)15-12-3-4-13(7-12)16(15)18(20)23/h3-6,10,12-13,15-16H,2,7-9H2,1H3/t12-,13-,15-,16+/m0/s1. The van der Waals surface area contributed by atoms with Crippen molar-refractivity contribution in [3.05, 3.63) is 36.3 Å². The van der Waals surface area contributed by atoms with Crippen molar-refractivity contribution < 1.29 is 18.8 Å². The number of allylic oxidation sites excluding steroid dienone is 2. The van der Waals surface area contributed by atoms with E-state index in [9.17, 15) is 14.4 Å².